The molecular weight excluding hydrogens is 266 g/mol. The number of hydrogen-bond donors (Lipinski definition) is 3. The molecule has 2 aromatic rings. The first-order valence-corrected chi connectivity index (χ1v) is 7.34. The van der Waals surface area contributed by atoms with Crippen molar-refractivity contribution in [2.45, 2.75) is 37.8 Å². The average molecular weight is 285 g/mol. The lowest BCUT2D eigenvalue weighted by atomic mass is 9.93. The minimum atomic E-state index is -0.250. The smallest absolute Gasteiger partial charge is 0.255 e. The van der Waals surface area contributed by atoms with Crippen LogP contribution < -0.4 is 5.32 Å². The summed E-state index contributed by atoms with van der Waals surface area (Å²) in [5.74, 6) is -0.248. The zero-order chi connectivity index (χ0) is 14.8. The number of amides is 1. The van der Waals surface area contributed by atoms with Gasteiger partial charge in [0.1, 0.15) is 5.75 Å². The van der Waals surface area contributed by atoms with Crippen LogP contribution in [0.15, 0.2) is 36.4 Å². The number of phenolic OH excluding ortho intramolecular Hbond substituents is 1. The number of hydrogen-bond acceptors (Lipinski definition) is 3. The Balaban J connectivity index is 1.79. The lowest BCUT2D eigenvalue weighted by Crippen LogP contribution is -2.38. The number of phenols is 1. The molecule has 1 saturated carbocycles. The zero-order valence-corrected chi connectivity index (χ0v) is 11.7. The number of aliphatic hydroxyl groups excluding tert-OH is 1. The fraction of sp³-hybridized carbons (Fsp3) is 0.353. The lowest BCUT2D eigenvalue weighted by molar-refractivity contribution is 0.0865. The molecule has 2 aromatic carbocycles. The molecule has 0 aromatic heterocycles. The summed E-state index contributed by atoms with van der Waals surface area (Å²) < 4.78 is 0. The number of carbonyl (C=O) groups excluding carboxylic acids is 1. The monoisotopic (exact) mass is 285 g/mol. The SMILES string of the molecule is O=C(NC1CCC(O)CC1)c1cc2ccccc2cc1O. The first-order valence-electron chi connectivity index (χ1n) is 7.34. The van der Waals surface area contributed by atoms with Crippen LogP contribution in [-0.4, -0.2) is 28.3 Å². The van der Waals surface area contributed by atoms with Crippen LogP contribution in [0, 0.1) is 0 Å². The molecular formula is C17H19NO3. The fourth-order valence-electron chi connectivity index (χ4n) is 2.89. The van der Waals surface area contributed by atoms with Crippen LogP contribution in [-0.2, 0) is 0 Å². The Morgan fingerprint density at radius 2 is 1.67 bits per heavy atom. The van der Waals surface area contributed by atoms with Crippen molar-refractivity contribution in [3.8, 4) is 5.75 Å². The van der Waals surface area contributed by atoms with Crippen molar-refractivity contribution in [1.29, 1.82) is 0 Å². The van der Waals surface area contributed by atoms with Gasteiger partial charge in [-0.25, -0.2) is 0 Å². The van der Waals surface area contributed by atoms with Crippen LogP contribution in [0.25, 0.3) is 10.8 Å². The van der Waals surface area contributed by atoms with Crippen molar-refractivity contribution < 1.29 is 15.0 Å². The molecule has 1 aliphatic carbocycles. The number of aliphatic hydroxyl groups is 1. The number of fused-ring (bicyclic) bond motifs is 1. The summed E-state index contributed by atoms with van der Waals surface area (Å²) >= 11 is 0. The summed E-state index contributed by atoms with van der Waals surface area (Å²) in [5, 5.41) is 24.3. The molecule has 3 N–H and O–H groups in total. The van der Waals surface area contributed by atoms with Crippen LogP contribution in [0.5, 0.6) is 5.75 Å². The predicted octanol–water partition coefficient (Wildman–Crippen LogP) is 2.58. The van der Waals surface area contributed by atoms with Gasteiger partial charge in [0.2, 0.25) is 0 Å². The Labute approximate surface area is 123 Å². The second-order valence-electron chi connectivity index (χ2n) is 5.70. The minimum Gasteiger partial charge on any atom is -0.507 e. The summed E-state index contributed by atoms with van der Waals surface area (Å²) in [4.78, 5) is 12.3. The van der Waals surface area contributed by atoms with Crippen molar-refractivity contribution in [3.63, 3.8) is 0 Å². The number of carbonyl (C=O) groups is 1. The largest absolute Gasteiger partial charge is 0.507 e. The number of benzene rings is 2. The van der Waals surface area contributed by atoms with Gasteiger partial charge < -0.3 is 15.5 Å². The van der Waals surface area contributed by atoms with Crippen molar-refractivity contribution in [2.75, 3.05) is 0 Å². The third-order valence-corrected chi connectivity index (χ3v) is 4.14. The molecule has 21 heavy (non-hydrogen) atoms. The highest BCUT2D eigenvalue weighted by molar-refractivity contribution is 6.01. The van der Waals surface area contributed by atoms with Crippen molar-refractivity contribution >= 4 is 16.7 Å². The summed E-state index contributed by atoms with van der Waals surface area (Å²) in [6, 6.07) is 11.0. The molecule has 0 atom stereocenters. The molecule has 0 aliphatic heterocycles. The van der Waals surface area contributed by atoms with Crippen molar-refractivity contribution in [3.05, 3.63) is 42.0 Å². The normalized spacial score (nSPS) is 22.1. The molecule has 1 fully saturated rings. The molecule has 4 heteroatoms. The Morgan fingerprint density at radius 1 is 1.05 bits per heavy atom. The van der Waals surface area contributed by atoms with Crippen LogP contribution in [0.4, 0.5) is 0 Å². The van der Waals surface area contributed by atoms with Crippen molar-refractivity contribution in [2.24, 2.45) is 0 Å². The topological polar surface area (TPSA) is 69.6 Å². The van der Waals surface area contributed by atoms with E-state index in [1.54, 1.807) is 12.1 Å². The van der Waals surface area contributed by atoms with Crippen LogP contribution >= 0.6 is 0 Å². The minimum absolute atomic E-state index is 0.00189. The van der Waals surface area contributed by atoms with Gasteiger partial charge in [0, 0.05) is 6.04 Å². The Bertz CT molecular complexity index is 660. The number of nitrogens with one attached hydrogen (secondary N) is 1. The molecule has 0 saturated heterocycles. The highest BCUT2D eigenvalue weighted by Gasteiger charge is 2.22. The van der Waals surface area contributed by atoms with Gasteiger partial charge in [-0.1, -0.05) is 24.3 Å². The van der Waals surface area contributed by atoms with E-state index in [9.17, 15) is 15.0 Å². The summed E-state index contributed by atoms with van der Waals surface area (Å²) in [5.41, 5.74) is 0.305. The second kappa shape index (κ2) is 5.74. The number of aromatic hydroxyl groups is 1. The van der Waals surface area contributed by atoms with E-state index in [0.29, 0.717) is 18.4 Å². The van der Waals surface area contributed by atoms with E-state index in [-0.39, 0.29) is 23.8 Å². The van der Waals surface area contributed by atoms with Gasteiger partial charge in [-0.15, -0.1) is 0 Å². The molecule has 1 amide bonds. The van der Waals surface area contributed by atoms with Gasteiger partial charge in [0.15, 0.2) is 0 Å². The van der Waals surface area contributed by atoms with Gasteiger partial charge in [0.25, 0.3) is 5.91 Å². The molecule has 1 aliphatic rings. The lowest BCUT2D eigenvalue weighted by Gasteiger charge is -2.26. The quantitative estimate of drug-likeness (QED) is 0.794. The molecule has 4 nitrogen and oxygen atoms in total. The maximum absolute atomic E-state index is 12.3. The van der Waals surface area contributed by atoms with Crippen LogP contribution in [0.1, 0.15) is 36.0 Å². The third kappa shape index (κ3) is 3.00. The van der Waals surface area contributed by atoms with E-state index >= 15 is 0 Å². The third-order valence-electron chi connectivity index (χ3n) is 4.14. The summed E-state index contributed by atoms with van der Waals surface area (Å²) in [6.45, 7) is 0. The zero-order valence-electron chi connectivity index (χ0n) is 11.7. The van der Waals surface area contributed by atoms with E-state index in [2.05, 4.69) is 5.32 Å². The summed E-state index contributed by atoms with van der Waals surface area (Å²) in [7, 11) is 0. The molecule has 0 unspecified atom stereocenters. The highest BCUT2D eigenvalue weighted by Crippen LogP contribution is 2.26. The van der Waals surface area contributed by atoms with E-state index in [4.69, 9.17) is 0 Å². The van der Waals surface area contributed by atoms with Crippen LogP contribution in [0.3, 0.4) is 0 Å². The standard InChI is InChI=1S/C17H19NO3/c19-14-7-5-13(6-8-14)18-17(21)15-9-11-3-1-2-4-12(11)10-16(15)20/h1-4,9-10,13-14,19-20H,5-8H2,(H,18,21). The first-order chi connectivity index (χ1) is 10.1. The molecule has 3 rings (SSSR count). The Morgan fingerprint density at radius 3 is 2.33 bits per heavy atom. The van der Waals surface area contributed by atoms with Gasteiger partial charge in [-0.3, -0.25) is 4.79 Å². The fourth-order valence-corrected chi connectivity index (χ4v) is 2.89. The maximum atomic E-state index is 12.3. The highest BCUT2D eigenvalue weighted by atomic mass is 16.3. The van der Waals surface area contributed by atoms with E-state index in [0.717, 1.165) is 23.6 Å². The van der Waals surface area contributed by atoms with Crippen molar-refractivity contribution in [1.82, 2.24) is 5.32 Å². The molecule has 0 heterocycles. The molecule has 0 bridgehead atoms. The second-order valence-corrected chi connectivity index (χ2v) is 5.70. The maximum Gasteiger partial charge on any atom is 0.255 e. The predicted molar refractivity (Wildman–Crippen MR) is 81.3 cm³/mol. The Hall–Kier alpha value is -2.07. The molecule has 0 radical (unpaired) electrons. The number of rotatable bonds is 2. The average Bonchev–Trinajstić information content (AvgIpc) is 2.49. The van der Waals surface area contributed by atoms with Gasteiger partial charge >= 0.3 is 0 Å². The van der Waals surface area contributed by atoms with Gasteiger partial charge in [-0.05, 0) is 48.6 Å². The summed E-state index contributed by atoms with van der Waals surface area (Å²) in [6.07, 6.45) is 2.75. The van der Waals surface area contributed by atoms with Gasteiger partial charge in [-0.2, -0.15) is 0 Å². The first kappa shape index (κ1) is 13.9. The molecule has 110 valence electrons. The van der Waals surface area contributed by atoms with Gasteiger partial charge in [0.05, 0.1) is 11.7 Å². The van der Waals surface area contributed by atoms with Crippen LogP contribution in [0.2, 0.25) is 0 Å². The molecule has 0 spiro atoms. The van der Waals surface area contributed by atoms with E-state index in [1.165, 1.54) is 0 Å². The Kier molecular flexibility index (Phi) is 3.80. The van der Waals surface area contributed by atoms with E-state index in [1.807, 2.05) is 24.3 Å². The van der Waals surface area contributed by atoms with E-state index < -0.39 is 0 Å².